The molecule has 2 fully saturated rings. The molecular formula is C18H29N3. The van der Waals surface area contributed by atoms with Gasteiger partial charge in [-0.25, -0.2) is 0 Å². The maximum atomic E-state index is 3.83. The monoisotopic (exact) mass is 287 g/mol. The Kier molecular flexibility index (Phi) is 5.15. The van der Waals surface area contributed by atoms with Gasteiger partial charge in [0.1, 0.15) is 0 Å². The van der Waals surface area contributed by atoms with E-state index in [1.54, 1.807) is 0 Å². The zero-order valence-electron chi connectivity index (χ0n) is 13.3. The lowest BCUT2D eigenvalue weighted by Gasteiger charge is -2.34. The molecule has 3 nitrogen and oxygen atoms in total. The number of hydrogen-bond acceptors (Lipinski definition) is 3. The lowest BCUT2D eigenvalue weighted by Crippen LogP contribution is -2.44. The van der Waals surface area contributed by atoms with Crippen molar-refractivity contribution in [3.05, 3.63) is 30.3 Å². The molecule has 21 heavy (non-hydrogen) atoms. The van der Waals surface area contributed by atoms with Crippen molar-refractivity contribution in [3.63, 3.8) is 0 Å². The molecule has 1 aromatic carbocycles. The van der Waals surface area contributed by atoms with Crippen LogP contribution >= 0.6 is 0 Å². The predicted octanol–water partition coefficient (Wildman–Crippen LogP) is 2.59. The smallest absolute Gasteiger partial charge is 0.0366 e. The van der Waals surface area contributed by atoms with Crippen molar-refractivity contribution in [2.45, 2.75) is 32.2 Å². The Morgan fingerprint density at radius 3 is 2.48 bits per heavy atom. The van der Waals surface area contributed by atoms with Crippen LogP contribution in [0.5, 0.6) is 0 Å². The lowest BCUT2D eigenvalue weighted by atomic mass is 10.0. The van der Waals surface area contributed by atoms with Gasteiger partial charge in [0.2, 0.25) is 0 Å². The molecule has 3 heteroatoms. The van der Waals surface area contributed by atoms with Gasteiger partial charge in [-0.05, 0) is 56.9 Å². The molecular weight excluding hydrogens is 258 g/mol. The van der Waals surface area contributed by atoms with Crippen LogP contribution in [-0.2, 0) is 0 Å². The first kappa shape index (κ1) is 14.9. The second-order valence-electron chi connectivity index (χ2n) is 6.55. The third-order valence-electron chi connectivity index (χ3n) is 5.13. The Labute approximate surface area is 129 Å². The molecule has 0 spiro atoms. The van der Waals surface area contributed by atoms with Gasteiger partial charge >= 0.3 is 0 Å². The van der Waals surface area contributed by atoms with Crippen LogP contribution in [0.15, 0.2) is 30.3 Å². The van der Waals surface area contributed by atoms with Crippen molar-refractivity contribution in [3.8, 4) is 0 Å². The number of benzene rings is 1. The number of nitrogens with zero attached hydrogens (tertiary/aromatic N) is 2. The molecule has 3 rings (SSSR count). The molecule has 1 aromatic rings. The fourth-order valence-electron chi connectivity index (χ4n) is 3.68. The van der Waals surface area contributed by atoms with Gasteiger partial charge in [0, 0.05) is 31.4 Å². The zero-order valence-corrected chi connectivity index (χ0v) is 13.3. The van der Waals surface area contributed by atoms with Gasteiger partial charge in [0.25, 0.3) is 0 Å². The summed E-state index contributed by atoms with van der Waals surface area (Å²) in [6.45, 7) is 9.68. The van der Waals surface area contributed by atoms with Gasteiger partial charge in [-0.1, -0.05) is 25.1 Å². The standard InChI is InChI=1S/C18H29N3/c1-2-20-11-8-16(15-20)14-19-17-9-12-21(13-10-17)18-6-4-3-5-7-18/h3-7,16-17,19H,2,8-15H2,1H3. The second-order valence-corrected chi connectivity index (χ2v) is 6.55. The highest BCUT2D eigenvalue weighted by Gasteiger charge is 2.23. The Hall–Kier alpha value is -1.06. The average molecular weight is 287 g/mol. The summed E-state index contributed by atoms with van der Waals surface area (Å²) >= 11 is 0. The van der Waals surface area contributed by atoms with Gasteiger partial charge in [-0.3, -0.25) is 0 Å². The number of nitrogens with one attached hydrogen (secondary N) is 1. The number of anilines is 1. The van der Waals surface area contributed by atoms with E-state index in [0.29, 0.717) is 0 Å². The number of likely N-dealkylation sites (tertiary alicyclic amines) is 1. The van der Waals surface area contributed by atoms with Gasteiger partial charge in [-0.2, -0.15) is 0 Å². The molecule has 2 heterocycles. The van der Waals surface area contributed by atoms with E-state index in [9.17, 15) is 0 Å². The van der Waals surface area contributed by atoms with E-state index >= 15 is 0 Å². The maximum Gasteiger partial charge on any atom is 0.0366 e. The zero-order chi connectivity index (χ0) is 14.5. The van der Waals surface area contributed by atoms with Crippen LogP contribution in [0.1, 0.15) is 26.2 Å². The first-order chi connectivity index (χ1) is 10.3. The molecule has 0 aromatic heterocycles. The largest absolute Gasteiger partial charge is 0.371 e. The van der Waals surface area contributed by atoms with Crippen LogP contribution in [0, 0.1) is 5.92 Å². The number of hydrogen-bond donors (Lipinski definition) is 1. The summed E-state index contributed by atoms with van der Waals surface area (Å²) in [6, 6.07) is 11.6. The normalized spacial score (nSPS) is 24.6. The van der Waals surface area contributed by atoms with Gasteiger partial charge < -0.3 is 15.1 Å². The predicted molar refractivity (Wildman–Crippen MR) is 89.9 cm³/mol. The van der Waals surface area contributed by atoms with Crippen LogP contribution in [0.25, 0.3) is 0 Å². The highest BCUT2D eigenvalue weighted by atomic mass is 15.2. The Bertz CT molecular complexity index is 412. The molecule has 0 bridgehead atoms. The second kappa shape index (κ2) is 7.28. The number of para-hydroxylation sites is 1. The minimum Gasteiger partial charge on any atom is -0.371 e. The first-order valence-corrected chi connectivity index (χ1v) is 8.61. The van der Waals surface area contributed by atoms with E-state index in [2.05, 4.69) is 52.4 Å². The number of piperidine rings is 1. The maximum absolute atomic E-state index is 3.83. The van der Waals surface area contributed by atoms with Gasteiger partial charge in [-0.15, -0.1) is 0 Å². The molecule has 0 saturated carbocycles. The summed E-state index contributed by atoms with van der Waals surface area (Å²) in [4.78, 5) is 5.09. The highest BCUT2D eigenvalue weighted by molar-refractivity contribution is 5.46. The Morgan fingerprint density at radius 1 is 1.05 bits per heavy atom. The fraction of sp³-hybridized carbons (Fsp3) is 0.667. The Morgan fingerprint density at radius 2 is 1.81 bits per heavy atom. The summed E-state index contributed by atoms with van der Waals surface area (Å²) in [5, 5.41) is 3.83. The topological polar surface area (TPSA) is 18.5 Å². The third kappa shape index (κ3) is 3.98. The van der Waals surface area contributed by atoms with E-state index in [1.165, 1.54) is 64.2 Å². The van der Waals surface area contributed by atoms with Crippen molar-refractivity contribution in [1.82, 2.24) is 10.2 Å². The van der Waals surface area contributed by atoms with E-state index in [0.717, 1.165) is 12.0 Å². The van der Waals surface area contributed by atoms with E-state index in [-0.39, 0.29) is 0 Å². The van der Waals surface area contributed by atoms with Gasteiger partial charge in [0.05, 0.1) is 0 Å². The molecule has 0 amide bonds. The van der Waals surface area contributed by atoms with E-state index in [4.69, 9.17) is 0 Å². The van der Waals surface area contributed by atoms with E-state index in [1.807, 2.05) is 0 Å². The van der Waals surface area contributed by atoms with Crippen LogP contribution in [0.2, 0.25) is 0 Å². The summed E-state index contributed by atoms with van der Waals surface area (Å²) in [5.74, 6) is 0.872. The van der Waals surface area contributed by atoms with Crippen LogP contribution in [-0.4, -0.2) is 50.2 Å². The minimum atomic E-state index is 0.723. The van der Waals surface area contributed by atoms with Crippen molar-refractivity contribution < 1.29 is 0 Å². The Balaban J connectivity index is 1.38. The molecule has 1 N–H and O–H groups in total. The van der Waals surface area contributed by atoms with Crippen LogP contribution < -0.4 is 10.2 Å². The molecule has 0 aliphatic carbocycles. The van der Waals surface area contributed by atoms with E-state index < -0.39 is 0 Å². The summed E-state index contributed by atoms with van der Waals surface area (Å²) in [5.41, 5.74) is 1.38. The summed E-state index contributed by atoms with van der Waals surface area (Å²) in [7, 11) is 0. The summed E-state index contributed by atoms with van der Waals surface area (Å²) < 4.78 is 0. The van der Waals surface area contributed by atoms with Crippen LogP contribution in [0.4, 0.5) is 5.69 Å². The lowest BCUT2D eigenvalue weighted by molar-refractivity contribution is 0.328. The minimum absolute atomic E-state index is 0.723. The van der Waals surface area contributed by atoms with Gasteiger partial charge in [0.15, 0.2) is 0 Å². The quantitative estimate of drug-likeness (QED) is 0.898. The molecule has 116 valence electrons. The third-order valence-corrected chi connectivity index (χ3v) is 5.13. The highest BCUT2D eigenvalue weighted by Crippen LogP contribution is 2.20. The van der Waals surface area contributed by atoms with Crippen molar-refractivity contribution in [2.75, 3.05) is 44.2 Å². The molecule has 2 aliphatic heterocycles. The molecule has 2 aliphatic rings. The molecule has 0 radical (unpaired) electrons. The first-order valence-electron chi connectivity index (χ1n) is 8.61. The van der Waals surface area contributed by atoms with Crippen molar-refractivity contribution >= 4 is 5.69 Å². The SMILES string of the molecule is CCN1CCC(CNC2CCN(c3ccccc3)CC2)C1. The molecule has 2 saturated heterocycles. The molecule has 1 atom stereocenters. The summed E-state index contributed by atoms with van der Waals surface area (Å²) in [6.07, 6.45) is 3.93. The van der Waals surface area contributed by atoms with Crippen molar-refractivity contribution in [1.29, 1.82) is 0 Å². The van der Waals surface area contributed by atoms with Crippen LogP contribution in [0.3, 0.4) is 0 Å². The molecule has 1 unspecified atom stereocenters. The fourth-order valence-corrected chi connectivity index (χ4v) is 3.68. The average Bonchev–Trinajstić information content (AvgIpc) is 3.02. The number of rotatable bonds is 5. The van der Waals surface area contributed by atoms with Crippen molar-refractivity contribution in [2.24, 2.45) is 5.92 Å².